The molecule has 3 heterocycles. The minimum absolute atomic E-state index is 0.0125. The molecule has 2 aromatic heterocycles. The van der Waals surface area contributed by atoms with E-state index in [2.05, 4.69) is 27.1 Å². The molecule has 1 fully saturated rings. The molecule has 0 N–H and O–H groups in total. The molecule has 0 saturated carbocycles. The van der Waals surface area contributed by atoms with Crippen LogP contribution in [0.2, 0.25) is 0 Å². The van der Waals surface area contributed by atoms with Crippen molar-refractivity contribution in [3.05, 3.63) is 89.2 Å². The van der Waals surface area contributed by atoms with E-state index in [0.717, 1.165) is 22.7 Å². The molecule has 0 bridgehead atoms. The maximum atomic E-state index is 13.9. The second-order valence-electron chi connectivity index (χ2n) is 8.74. The number of carbonyl (C=O) groups excluding carboxylic acids is 1. The van der Waals surface area contributed by atoms with Gasteiger partial charge in [-0.3, -0.25) is 9.69 Å². The zero-order valence-electron chi connectivity index (χ0n) is 19.2. The summed E-state index contributed by atoms with van der Waals surface area (Å²) in [5, 5.41) is 4.02. The van der Waals surface area contributed by atoms with E-state index < -0.39 is 11.9 Å². The van der Waals surface area contributed by atoms with E-state index in [9.17, 15) is 18.0 Å². The van der Waals surface area contributed by atoms with Crippen LogP contribution in [-0.4, -0.2) is 56.5 Å². The maximum absolute atomic E-state index is 13.9. The molecule has 1 aliphatic rings. The first-order valence-electron chi connectivity index (χ1n) is 11.4. The molecule has 0 aliphatic carbocycles. The molecule has 1 amide bonds. The van der Waals surface area contributed by atoms with Gasteiger partial charge in [0.15, 0.2) is 17.0 Å². The summed E-state index contributed by atoms with van der Waals surface area (Å²) < 4.78 is 42.3. The van der Waals surface area contributed by atoms with E-state index in [1.54, 1.807) is 17.0 Å². The standard InChI is InChI=1S/C26H24F3N5O/c1-18-7-9-20(10-8-18)21-15-23(26(27,28)29)34-24(30-21)16-22(31-34)25(35)33-13-11-32(12-14-33)17-19-5-3-2-4-6-19/h2-10,15-16H,11-14,17H2,1H3. The third-order valence-corrected chi connectivity index (χ3v) is 6.19. The van der Waals surface area contributed by atoms with Crippen LogP contribution in [0.5, 0.6) is 0 Å². The number of alkyl halides is 3. The molecule has 35 heavy (non-hydrogen) atoms. The lowest BCUT2D eigenvalue weighted by atomic mass is 10.1. The number of rotatable bonds is 4. The van der Waals surface area contributed by atoms with Crippen molar-refractivity contribution in [2.45, 2.75) is 19.6 Å². The average Bonchev–Trinajstić information content (AvgIpc) is 3.28. The van der Waals surface area contributed by atoms with E-state index in [1.165, 1.54) is 11.6 Å². The van der Waals surface area contributed by atoms with Crippen molar-refractivity contribution in [2.75, 3.05) is 26.2 Å². The predicted octanol–water partition coefficient (Wildman–Crippen LogP) is 4.68. The van der Waals surface area contributed by atoms with Gasteiger partial charge in [0.05, 0.1) is 5.69 Å². The normalized spacial score (nSPS) is 15.0. The quantitative estimate of drug-likeness (QED) is 0.427. The molecule has 0 radical (unpaired) electrons. The molecule has 1 aliphatic heterocycles. The second-order valence-corrected chi connectivity index (χ2v) is 8.74. The summed E-state index contributed by atoms with van der Waals surface area (Å²) in [4.78, 5) is 21.4. The van der Waals surface area contributed by atoms with Crippen LogP contribution in [0, 0.1) is 6.92 Å². The zero-order valence-corrected chi connectivity index (χ0v) is 19.2. The molecular weight excluding hydrogens is 455 g/mol. The Hall–Kier alpha value is -3.72. The number of hydrogen-bond acceptors (Lipinski definition) is 4. The first-order valence-corrected chi connectivity index (χ1v) is 11.4. The van der Waals surface area contributed by atoms with Crippen molar-refractivity contribution in [1.82, 2.24) is 24.4 Å². The number of halogens is 3. The Balaban J connectivity index is 1.39. The molecule has 0 unspecified atom stereocenters. The molecule has 1 saturated heterocycles. The number of aryl methyl sites for hydroxylation is 1. The van der Waals surface area contributed by atoms with Crippen LogP contribution in [0.15, 0.2) is 66.7 Å². The van der Waals surface area contributed by atoms with Gasteiger partial charge in [-0.15, -0.1) is 0 Å². The lowest BCUT2D eigenvalue weighted by Crippen LogP contribution is -2.48. The zero-order chi connectivity index (χ0) is 24.6. The molecule has 4 aromatic rings. The monoisotopic (exact) mass is 479 g/mol. The van der Waals surface area contributed by atoms with Gasteiger partial charge in [0.2, 0.25) is 0 Å². The molecule has 2 aromatic carbocycles. The number of piperazine rings is 1. The van der Waals surface area contributed by atoms with Crippen molar-refractivity contribution in [3.8, 4) is 11.3 Å². The summed E-state index contributed by atoms with van der Waals surface area (Å²) in [6.07, 6.45) is -4.66. The minimum Gasteiger partial charge on any atom is -0.335 e. The summed E-state index contributed by atoms with van der Waals surface area (Å²) in [5.74, 6) is -0.389. The highest BCUT2D eigenvalue weighted by Crippen LogP contribution is 2.32. The van der Waals surface area contributed by atoms with Crippen molar-refractivity contribution >= 4 is 11.6 Å². The third kappa shape index (κ3) is 4.90. The number of hydrogen-bond donors (Lipinski definition) is 0. The highest BCUT2D eigenvalue weighted by molar-refractivity contribution is 5.93. The van der Waals surface area contributed by atoms with E-state index in [-0.39, 0.29) is 22.9 Å². The highest BCUT2D eigenvalue weighted by atomic mass is 19.4. The summed E-state index contributed by atoms with van der Waals surface area (Å²) in [6, 6.07) is 19.5. The smallest absolute Gasteiger partial charge is 0.335 e. The Morgan fingerprint density at radius 3 is 2.29 bits per heavy atom. The SMILES string of the molecule is Cc1ccc(-c2cc(C(F)(F)F)n3nc(C(=O)N4CCN(Cc5ccccc5)CC4)cc3n2)cc1. The van der Waals surface area contributed by atoms with Crippen LogP contribution in [0.3, 0.4) is 0 Å². The van der Waals surface area contributed by atoms with Gasteiger partial charge in [-0.2, -0.15) is 18.3 Å². The Labute approximate surface area is 200 Å². The second kappa shape index (κ2) is 9.14. The average molecular weight is 480 g/mol. The van der Waals surface area contributed by atoms with Crippen LogP contribution < -0.4 is 0 Å². The summed E-state index contributed by atoms with van der Waals surface area (Å²) in [6.45, 7) is 5.01. The van der Waals surface area contributed by atoms with Crippen LogP contribution in [0.4, 0.5) is 13.2 Å². The topological polar surface area (TPSA) is 53.7 Å². The van der Waals surface area contributed by atoms with Crippen LogP contribution in [-0.2, 0) is 12.7 Å². The van der Waals surface area contributed by atoms with Gasteiger partial charge in [0, 0.05) is 44.4 Å². The molecule has 5 rings (SSSR count). The van der Waals surface area contributed by atoms with Crippen molar-refractivity contribution in [2.24, 2.45) is 0 Å². The van der Waals surface area contributed by atoms with Crippen LogP contribution in [0.1, 0.15) is 27.3 Å². The Bertz CT molecular complexity index is 1340. The fraction of sp³-hybridized carbons (Fsp3) is 0.269. The Morgan fingerprint density at radius 1 is 0.943 bits per heavy atom. The Morgan fingerprint density at radius 2 is 1.63 bits per heavy atom. The summed E-state index contributed by atoms with van der Waals surface area (Å²) >= 11 is 0. The first-order chi connectivity index (χ1) is 16.8. The number of benzene rings is 2. The maximum Gasteiger partial charge on any atom is 0.433 e. The van der Waals surface area contributed by atoms with Gasteiger partial charge in [-0.1, -0.05) is 60.2 Å². The van der Waals surface area contributed by atoms with Gasteiger partial charge in [0.1, 0.15) is 0 Å². The fourth-order valence-electron chi connectivity index (χ4n) is 4.27. The number of aromatic nitrogens is 3. The Kier molecular flexibility index (Phi) is 6.02. The molecular formula is C26H24F3N5O. The van der Waals surface area contributed by atoms with Crippen molar-refractivity contribution in [1.29, 1.82) is 0 Å². The number of carbonyl (C=O) groups is 1. The number of amides is 1. The number of nitrogens with zero attached hydrogens (tertiary/aromatic N) is 5. The van der Waals surface area contributed by atoms with Gasteiger partial charge in [0.25, 0.3) is 5.91 Å². The van der Waals surface area contributed by atoms with Gasteiger partial charge < -0.3 is 4.90 Å². The number of fused-ring (bicyclic) bond motifs is 1. The van der Waals surface area contributed by atoms with Crippen LogP contribution in [0.25, 0.3) is 16.9 Å². The summed E-state index contributed by atoms with van der Waals surface area (Å²) in [7, 11) is 0. The highest BCUT2D eigenvalue weighted by Gasteiger charge is 2.36. The third-order valence-electron chi connectivity index (χ3n) is 6.19. The molecule has 9 heteroatoms. The lowest BCUT2D eigenvalue weighted by Gasteiger charge is -2.34. The molecule has 0 spiro atoms. The lowest BCUT2D eigenvalue weighted by molar-refractivity contribution is -0.142. The molecule has 180 valence electrons. The van der Waals surface area contributed by atoms with Gasteiger partial charge >= 0.3 is 6.18 Å². The van der Waals surface area contributed by atoms with Crippen molar-refractivity contribution in [3.63, 3.8) is 0 Å². The van der Waals surface area contributed by atoms with Gasteiger partial charge in [-0.25, -0.2) is 9.50 Å². The van der Waals surface area contributed by atoms with Crippen LogP contribution >= 0.6 is 0 Å². The molecule has 0 atom stereocenters. The van der Waals surface area contributed by atoms with E-state index in [1.807, 2.05) is 37.3 Å². The minimum atomic E-state index is -4.66. The van der Waals surface area contributed by atoms with E-state index in [0.29, 0.717) is 31.7 Å². The van der Waals surface area contributed by atoms with Gasteiger partial charge in [-0.05, 0) is 18.6 Å². The van der Waals surface area contributed by atoms with E-state index >= 15 is 0 Å². The first kappa shape index (κ1) is 23.0. The fourth-order valence-corrected chi connectivity index (χ4v) is 4.27. The van der Waals surface area contributed by atoms with Crippen molar-refractivity contribution < 1.29 is 18.0 Å². The van der Waals surface area contributed by atoms with E-state index in [4.69, 9.17) is 0 Å². The predicted molar refractivity (Wildman–Crippen MR) is 126 cm³/mol. The molecule has 6 nitrogen and oxygen atoms in total. The summed E-state index contributed by atoms with van der Waals surface area (Å²) in [5.41, 5.74) is 1.91. The largest absolute Gasteiger partial charge is 0.433 e.